The molecule has 0 aliphatic carbocycles. The minimum atomic E-state index is -3.76. The van der Waals surface area contributed by atoms with Gasteiger partial charge < -0.3 is 19.6 Å². The second-order valence-corrected chi connectivity index (χ2v) is 8.21. The maximum absolute atomic E-state index is 12.3. The predicted molar refractivity (Wildman–Crippen MR) is 86.8 cm³/mol. The topological polar surface area (TPSA) is 126 Å². The first-order valence-electron chi connectivity index (χ1n) is 7.79. The van der Waals surface area contributed by atoms with Gasteiger partial charge in [0.25, 0.3) is 5.91 Å². The Morgan fingerprint density at radius 2 is 2.08 bits per heavy atom. The average Bonchev–Trinajstić information content (AvgIpc) is 2.95. The van der Waals surface area contributed by atoms with Crippen LogP contribution in [0.2, 0.25) is 0 Å². The summed E-state index contributed by atoms with van der Waals surface area (Å²) in [4.78, 5) is 23.7. The van der Waals surface area contributed by atoms with Gasteiger partial charge in [0.1, 0.15) is 16.7 Å². The number of aliphatic carboxylic acids is 1. The summed E-state index contributed by atoms with van der Waals surface area (Å²) in [6.45, 7) is 2.24. The van der Waals surface area contributed by atoms with Gasteiger partial charge in [0.15, 0.2) is 5.76 Å². The van der Waals surface area contributed by atoms with Crippen LogP contribution in [0.3, 0.4) is 0 Å². The van der Waals surface area contributed by atoms with Crippen molar-refractivity contribution in [3.8, 4) is 0 Å². The molecular formula is C15H22N2O7S. The third-order valence-corrected chi connectivity index (χ3v) is 6.00. The molecule has 1 aromatic heterocycles. The molecule has 2 heterocycles. The molecule has 2 atom stereocenters. The smallest absolute Gasteiger partial charge is 0.326 e. The number of aryl methyl sites for hydroxylation is 1. The minimum absolute atomic E-state index is 0.0618. The van der Waals surface area contributed by atoms with E-state index in [4.69, 9.17) is 9.15 Å². The van der Waals surface area contributed by atoms with Gasteiger partial charge >= 0.3 is 5.97 Å². The maximum Gasteiger partial charge on any atom is 0.326 e. The second-order valence-electron chi connectivity index (χ2n) is 6.09. The minimum Gasteiger partial charge on any atom is -0.480 e. The lowest BCUT2D eigenvalue weighted by Crippen LogP contribution is -2.48. The van der Waals surface area contributed by atoms with Crippen LogP contribution in [0.1, 0.15) is 29.2 Å². The highest BCUT2D eigenvalue weighted by Crippen LogP contribution is 2.23. The third kappa shape index (κ3) is 4.20. The average molecular weight is 374 g/mol. The highest BCUT2D eigenvalue weighted by atomic mass is 32.2. The van der Waals surface area contributed by atoms with Gasteiger partial charge in [-0.05, 0) is 19.8 Å². The molecule has 0 spiro atoms. The molecule has 1 saturated heterocycles. The van der Waals surface area contributed by atoms with Crippen LogP contribution < -0.4 is 5.32 Å². The van der Waals surface area contributed by atoms with E-state index in [1.807, 2.05) is 0 Å². The first kappa shape index (κ1) is 19.4. The Morgan fingerprint density at radius 3 is 2.60 bits per heavy atom. The second kappa shape index (κ2) is 7.54. The summed E-state index contributed by atoms with van der Waals surface area (Å²) in [7, 11) is -1.03. The number of nitrogens with zero attached hydrogens (tertiary/aromatic N) is 1. The number of sulfonamides is 1. The maximum atomic E-state index is 12.3. The molecule has 2 unspecified atom stereocenters. The normalized spacial score (nSPS) is 19.6. The van der Waals surface area contributed by atoms with E-state index in [0.717, 1.165) is 16.8 Å². The van der Waals surface area contributed by atoms with Gasteiger partial charge in [0.2, 0.25) is 10.0 Å². The van der Waals surface area contributed by atoms with E-state index in [0.29, 0.717) is 13.0 Å². The van der Waals surface area contributed by atoms with Gasteiger partial charge in [-0.15, -0.1) is 0 Å². The van der Waals surface area contributed by atoms with E-state index in [1.165, 1.54) is 21.0 Å². The van der Waals surface area contributed by atoms with Crippen LogP contribution in [-0.4, -0.2) is 63.1 Å². The zero-order chi connectivity index (χ0) is 18.8. The fourth-order valence-electron chi connectivity index (χ4n) is 2.65. The first-order valence-corrected chi connectivity index (χ1v) is 9.23. The molecule has 1 amide bonds. The van der Waals surface area contributed by atoms with E-state index in [-0.39, 0.29) is 28.9 Å². The van der Waals surface area contributed by atoms with Crippen LogP contribution in [0.5, 0.6) is 0 Å². The zero-order valence-electron chi connectivity index (χ0n) is 14.3. The van der Waals surface area contributed by atoms with Crippen molar-refractivity contribution in [3.63, 3.8) is 0 Å². The summed E-state index contributed by atoms with van der Waals surface area (Å²) in [5, 5.41) is 11.8. The van der Waals surface area contributed by atoms with Crippen molar-refractivity contribution in [1.29, 1.82) is 0 Å². The van der Waals surface area contributed by atoms with Crippen molar-refractivity contribution in [2.24, 2.45) is 5.92 Å². The molecule has 2 rings (SSSR count). The van der Waals surface area contributed by atoms with Crippen molar-refractivity contribution in [2.75, 3.05) is 27.3 Å². The molecule has 2 N–H and O–H groups in total. The Hall–Kier alpha value is -1.91. The Morgan fingerprint density at radius 1 is 1.40 bits per heavy atom. The third-order valence-electron chi connectivity index (χ3n) is 4.07. The lowest BCUT2D eigenvalue weighted by Gasteiger charge is -2.27. The molecule has 1 aliphatic heterocycles. The monoisotopic (exact) mass is 374 g/mol. The van der Waals surface area contributed by atoms with Crippen molar-refractivity contribution in [2.45, 2.75) is 30.7 Å². The number of nitrogens with one attached hydrogen (secondary N) is 1. The Balaban J connectivity index is 2.21. The number of furan rings is 1. The molecule has 1 aromatic rings. The summed E-state index contributed by atoms with van der Waals surface area (Å²) < 4.78 is 35.9. The standard InChI is InChI=1S/C15H22N2O7S/c1-9-12(25(21,22)17(2)3)7-11(24-9)14(18)16-13(15(19)20)10-5-4-6-23-8-10/h7,10,13H,4-6,8H2,1-3H3,(H,16,18)(H,19,20). The molecule has 1 aliphatic rings. The summed E-state index contributed by atoms with van der Waals surface area (Å²) in [5.74, 6) is -2.49. The first-order chi connectivity index (χ1) is 11.6. The number of carboxylic acids is 1. The number of hydrogen-bond acceptors (Lipinski definition) is 6. The fraction of sp³-hybridized carbons (Fsp3) is 0.600. The van der Waals surface area contributed by atoms with Crippen molar-refractivity contribution in [3.05, 3.63) is 17.6 Å². The molecule has 0 aromatic carbocycles. The van der Waals surface area contributed by atoms with Crippen LogP contribution in [0.4, 0.5) is 0 Å². The van der Waals surface area contributed by atoms with E-state index in [9.17, 15) is 23.1 Å². The molecular weight excluding hydrogens is 352 g/mol. The van der Waals surface area contributed by atoms with E-state index >= 15 is 0 Å². The van der Waals surface area contributed by atoms with Gasteiger partial charge in [0.05, 0.1) is 6.61 Å². The summed E-state index contributed by atoms with van der Waals surface area (Å²) in [5.41, 5.74) is 0. The number of ether oxygens (including phenoxy) is 1. The van der Waals surface area contributed by atoms with Crippen molar-refractivity contribution in [1.82, 2.24) is 9.62 Å². The van der Waals surface area contributed by atoms with E-state index in [1.54, 1.807) is 0 Å². The summed E-state index contributed by atoms with van der Waals surface area (Å²) >= 11 is 0. The van der Waals surface area contributed by atoms with Gasteiger partial charge in [0, 0.05) is 32.7 Å². The van der Waals surface area contributed by atoms with Crippen LogP contribution in [0.15, 0.2) is 15.4 Å². The fourth-order valence-corrected chi connectivity index (χ4v) is 3.71. The van der Waals surface area contributed by atoms with Crippen LogP contribution >= 0.6 is 0 Å². The Labute approximate surface area is 146 Å². The van der Waals surface area contributed by atoms with E-state index < -0.39 is 27.9 Å². The van der Waals surface area contributed by atoms with Gasteiger partial charge in [-0.2, -0.15) is 0 Å². The molecule has 0 radical (unpaired) electrons. The van der Waals surface area contributed by atoms with Gasteiger partial charge in [-0.3, -0.25) is 4.79 Å². The predicted octanol–water partition coefficient (Wildman–Crippen LogP) is 0.448. The lowest BCUT2D eigenvalue weighted by molar-refractivity contribution is -0.142. The van der Waals surface area contributed by atoms with Crippen LogP contribution in [0, 0.1) is 12.8 Å². The number of hydrogen-bond donors (Lipinski definition) is 2. The van der Waals surface area contributed by atoms with Gasteiger partial charge in [-0.1, -0.05) is 0 Å². The zero-order valence-corrected chi connectivity index (χ0v) is 15.1. The van der Waals surface area contributed by atoms with Gasteiger partial charge in [-0.25, -0.2) is 17.5 Å². The summed E-state index contributed by atoms with van der Waals surface area (Å²) in [6, 6.07) is -0.0249. The number of carboxylic acid groups (broad SMARTS) is 1. The van der Waals surface area contributed by atoms with Crippen LogP contribution in [0.25, 0.3) is 0 Å². The number of amides is 1. The highest BCUT2D eigenvalue weighted by Gasteiger charge is 2.33. The quantitative estimate of drug-likeness (QED) is 0.740. The highest BCUT2D eigenvalue weighted by molar-refractivity contribution is 7.89. The van der Waals surface area contributed by atoms with Crippen molar-refractivity contribution < 1.29 is 32.3 Å². The molecule has 0 bridgehead atoms. The number of carbonyl (C=O) groups excluding carboxylic acids is 1. The van der Waals surface area contributed by atoms with E-state index in [2.05, 4.69) is 5.32 Å². The Bertz CT molecular complexity index is 748. The molecule has 0 saturated carbocycles. The van der Waals surface area contributed by atoms with Crippen LogP contribution in [-0.2, 0) is 19.6 Å². The largest absolute Gasteiger partial charge is 0.480 e. The lowest BCUT2D eigenvalue weighted by atomic mass is 9.93. The summed E-state index contributed by atoms with van der Waals surface area (Å²) in [6.07, 6.45) is 1.34. The molecule has 140 valence electrons. The Kier molecular flexibility index (Phi) is 5.86. The molecule has 9 nitrogen and oxygen atoms in total. The van der Waals surface area contributed by atoms with Crippen molar-refractivity contribution >= 4 is 21.9 Å². The number of rotatable bonds is 6. The molecule has 10 heteroatoms. The molecule has 25 heavy (non-hydrogen) atoms. The number of carbonyl (C=O) groups is 2. The molecule has 1 fully saturated rings. The SMILES string of the molecule is Cc1oc(C(=O)NC(C(=O)O)C2CCCOC2)cc1S(=O)(=O)N(C)C.